The van der Waals surface area contributed by atoms with Crippen LogP contribution in [0.4, 0.5) is 0 Å². The van der Waals surface area contributed by atoms with Crippen molar-refractivity contribution in [2.75, 3.05) is 33.3 Å². The number of fused-ring (bicyclic) bond motifs is 2. The first-order valence-corrected chi connectivity index (χ1v) is 12.9. The molecule has 9 nitrogen and oxygen atoms in total. The van der Waals surface area contributed by atoms with Crippen molar-refractivity contribution in [3.63, 3.8) is 0 Å². The van der Waals surface area contributed by atoms with Crippen LogP contribution >= 0.6 is 0 Å². The number of amides is 1. The van der Waals surface area contributed by atoms with Crippen LogP contribution in [-0.2, 0) is 10.0 Å². The summed E-state index contributed by atoms with van der Waals surface area (Å²) in [6.45, 7) is 2.65. The van der Waals surface area contributed by atoms with E-state index >= 15 is 0 Å². The molecule has 180 valence electrons. The van der Waals surface area contributed by atoms with E-state index in [9.17, 15) is 18.0 Å². The molecule has 1 fully saturated rings. The van der Waals surface area contributed by atoms with Gasteiger partial charge in [0.2, 0.25) is 0 Å². The molecule has 1 aromatic heterocycles. The van der Waals surface area contributed by atoms with E-state index < -0.39 is 15.9 Å². The maximum Gasteiger partial charge on any atom is 0.420 e. The SMILES string of the molecule is COc1cccc2c1C(=O)N(CCCCN1CCC(n3c(=O)oc4ccccc43)CC1)S2(=O)=O. The minimum absolute atomic E-state index is 0.0148. The molecule has 2 aliphatic heterocycles. The Morgan fingerprint density at radius 1 is 1.00 bits per heavy atom. The number of rotatable bonds is 7. The molecule has 5 rings (SSSR count). The first-order chi connectivity index (χ1) is 16.4. The second kappa shape index (κ2) is 8.92. The van der Waals surface area contributed by atoms with Gasteiger partial charge < -0.3 is 14.1 Å². The Balaban J connectivity index is 1.14. The highest BCUT2D eigenvalue weighted by atomic mass is 32.2. The molecule has 0 aliphatic carbocycles. The van der Waals surface area contributed by atoms with E-state index in [1.165, 1.54) is 13.2 Å². The van der Waals surface area contributed by atoms with Crippen molar-refractivity contribution >= 4 is 27.0 Å². The molecular formula is C24H27N3O6S. The van der Waals surface area contributed by atoms with E-state index in [0.717, 1.165) is 48.7 Å². The lowest BCUT2D eigenvalue weighted by molar-refractivity contribution is 0.0865. The summed E-state index contributed by atoms with van der Waals surface area (Å²) in [6, 6.07) is 12.2. The van der Waals surface area contributed by atoms with E-state index in [1.54, 1.807) is 16.7 Å². The number of hydrogen-bond acceptors (Lipinski definition) is 7. The van der Waals surface area contributed by atoms with E-state index in [2.05, 4.69) is 4.90 Å². The van der Waals surface area contributed by atoms with Crippen LogP contribution in [0.5, 0.6) is 5.75 Å². The third-order valence-electron chi connectivity index (χ3n) is 6.74. The number of benzene rings is 2. The van der Waals surface area contributed by atoms with Crippen molar-refractivity contribution < 1.29 is 22.4 Å². The average Bonchev–Trinajstić information content (AvgIpc) is 3.28. The third kappa shape index (κ3) is 3.80. The van der Waals surface area contributed by atoms with Crippen LogP contribution in [0.3, 0.4) is 0 Å². The number of aromatic nitrogens is 1. The summed E-state index contributed by atoms with van der Waals surface area (Å²) in [4.78, 5) is 27.5. The lowest BCUT2D eigenvalue weighted by Gasteiger charge is -2.32. The van der Waals surface area contributed by atoms with Crippen molar-refractivity contribution in [2.24, 2.45) is 0 Å². The standard InChI is InChI=1S/C24H27N3O6S/c1-32-20-9-6-10-21-22(20)23(28)26(34(21,30)31)14-5-4-13-25-15-11-17(12-16-25)27-18-7-2-3-8-19(18)33-24(27)29/h2-3,6-10,17H,4-5,11-16H2,1H3. The minimum atomic E-state index is -3.84. The van der Waals surface area contributed by atoms with Crippen LogP contribution in [0.15, 0.2) is 56.6 Å². The summed E-state index contributed by atoms with van der Waals surface area (Å²) >= 11 is 0. The molecule has 34 heavy (non-hydrogen) atoms. The molecule has 0 saturated carbocycles. The molecule has 1 amide bonds. The number of sulfonamides is 1. The number of nitrogens with zero attached hydrogens (tertiary/aromatic N) is 3. The zero-order valence-corrected chi connectivity index (χ0v) is 19.8. The maximum absolute atomic E-state index is 12.8. The second-order valence-corrected chi connectivity index (χ2v) is 10.5. The third-order valence-corrected chi connectivity index (χ3v) is 8.57. The fourth-order valence-corrected chi connectivity index (χ4v) is 6.62. The lowest BCUT2D eigenvalue weighted by atomic mass is 10.0. The van der Waals surface area contributed by atoms with Crippen molar-refractivity contribution in [3.05, 3.63) is 58.6 Å². The molecule has 0 bridgehead atoms. The van der Waals surface area contributed by atoms with Crippen molar-refractivity contribution in [2.45, 2.75) is 36.6 Å². The number of unbranched alkanes of at least 4 members (excludes halogenated alkanes) is 1. The number of oxazole rings is 1. The number of methoxy groups -OCH3 is 1. The topological polar surface area (TPSA) is 102 Å². The van der Waals surface area contributed by atoms with Crippen molar-refractivity contribution in [1.29, 1.82) is 0 Å². The fraction of sp³-hybridized carbons (Fsp3) is 0.417. The van der Waals surface area contributed by atoms with E-state index in [4.69, 9.17) is 9.15 Å². The van der Waals surface area contributed by atoms with Crippen LogP contribution in [0.25, 0.3) is 11.1 Å². The average molecular weight is 486 g/mol. The number of carbonyl (C=O) groups excluding carboxylic acids is 1. The first kappa shape index (κ1) is 22.7. The number of para-hydroxylation sites is 2. The van der Waals surface area contributed by atoms with Crippen molar-refractivity contribution in [1.82, 2.24) is 13.8 Å². The number of carbonyl (C=O) groups is 1. The molecule has 3 heterocycles. The molecule has 10 heteroatoms. The van der Waals surface area contributed by atoms with Gasteiger partial charge in [-0.25, -0.2) is 17.5 Å². The highest BCUT2D eigenvalue weighted by Crippen LogP contribution is 2.36. The van der Waals surface area contributed by atoms with Gasteiger partial charge in [0.05, 0.1) is 12.6 Å². The van der Waals surface area contributed by atoms with Crippen LogP contribution in [0.1, 0.15) is 42.1 Å². The predicted octanol–water partition coefficient (Wildman–Crippen LogP) is 2.86. The number of hydrogen-bond donors (Lipinski definition) is 0. The Labute approximate surface area is 197 Å². The van der Waals surface area contributed by atoms with Gasteiger partial charge in [0.1, 0.15) is 16.2 Å². The van der Waals surface area contributed by atoms with Gasteiger partial charge in [-0.05, 0) is 56.5 Å². The largest absolute Gasteiger partial charge is 0.496 e. The summed E-state index contributed by atoms with van der Waals surface area (Å²) in [7, 11) is -2.42. The van der Waals surface area contributed by atoms with Gasteiger partial charge in [-0.15, -0.1) is 0 Å². The molecule has 2 aromatic carbocycles. The van der Waals surface area contributed by atoms with Gasteiger partial charge in [-0.2, -0.15) is 0 Å². The number of likely N-dealkylation sites (tertiary alicyclic amines) is 1. The second-order valence-electron chi connectivity index (χ2n) is 8.70. The van der Waals surface area contributed by atoms with Crippen molar-refractivity contribution in [3.8, 4) is 5.75 Å². The zero-order valence-electron chi connectivity index (χ0n) is 19.0. The molecule has 0 radical (unpaired) electrons. The lowest BCUT2D eigenvalue weighted by Crippen LogP contribution is -2.37. The summed E-state index contributed by atoms with van der Waals surface area (Å²) in [5.41, 5.74) is 1.57. The Morgan fingerprint density at radius 3 is 2.50 bits per heavy atom. The quantitative estimate of drug-likeness (QED) is 0.474. The highest BCUT2D eigenvalue weighted by Gasteiger charge is 2.42. The molecule has 0 unspecified atom stereocenters. The molecule has 1 saturated heterocycles. The van der Waals surface area contributed by atoms with E-state index in [0.29, 0.717) is 12.0 Å². The van der Waals surface area contributed by atoms with Crippen LogP contribution in [0, 0.1) is 0 Å². The fourth-order valence-electron chi connectivity index (χ4n) is 5.00. The number of ether oxygens (including phenoxy) is 1. The predicted molar refractivity (Wildman–Crippen MR) is 126 cm³/mol. The summed E-state index contributed by atoms with van der Waals surface area (Å²) < 4.78 is 39.0. The number of piperidine rings is 1. The summed E-state index contributed by atoms with van der Waals surface area (Å²) in [6.07, 6.45) is 3.04. The molecule has 3 aromatic rings. The molecular weight excluding hydrogens is 458 g/mol. The maximum atomic E-state index is 12.8. The van der Waals surface area contributed by atoms with Gasteiger partial charge in [0.25, 0.3) is 15.9 Å². The minimum Gasteiger partial charge on any atom is -0.496 e. The van der Waals surface area contributed by atoms with E-state index in [1.807, 2.05) is 24.3 Å². The van der Waals surface area contributed by atoms with Gasteiger partial charge in [0, 0.05) is 25.7 Å². The molecule has 0 atom stereocenters. The Morgan fingerprint density at radius 2 is 1.74 bits per heavy atom. The summed E-state index contributed by atoms with van der Waals surface area (Å²) in [5.74, 6) is -0.555. The molecule has 0 spiro atoms. The monoisotopic (exact) mass is 485 g/mol. The van der Waals surface area contributed by atoms with Gasteiger partial charge in [-0.1, -0.05) is 18.2 Å². The van der Waals surface area contributed by atoms with Crippen LogP contribution in [0.2, 0.25) is 0 Å². The van der Waals surface area contributed by atoms with Gasteiger partial charge in [-0.3, -0.25) is 9.36 Å². The highest BCUT2D eigenvalue weighted by molar-refractivity contribution is 7.90. The van der Waals surface area contributed by atoms with Crippen LogP contribution in [-0.4, -0.2) is 61.4 Å². The molecule has 2 aliphatic rings. The van der Waals surface area contributed by atoms with Gasteiger partial charge in [0.15, 0.2) is 5.58 Å². The van der Waals surface area contributed by atoms with E-state index in [-0.39, 0.29) is 34.6 Å². The Kier molecular flexibility index (Phi) is 5.95. The summed E-state index contributed by atoms with van der Waals surface area (Å²) in [5, 5.41) is 0. The van der Waals surface area contributed by atoms with Crippen LogP contribution < -0.4 is 10.5 Å². The Hall–Kier alpha value is -3.11. The normalized spacial score (nSPS) is 18.5. The molecule has 0 N–H and O–H groups in total. The zero-order chi connectivity index (χ0) is 23.9. The smallest absolute Gasteiger partial charge is 0.420 e. The Bertz CT molecular complexity index is 1390. The van der Waals surface area contributed by atoms with Gasteiger partial charge >= 0.3 is 5.76 Å². The first-order valence-electron chi connectivity index (χ1n) is 11.5.